The molecule has 1 aromatic rings. The summed E-state index contributed by atoms with van der Waals surface area (Å²) in [6.07, 6.45) is 6.51. The first kappa shape index (κ1) is 43.5. The summed E-state index contributed by atoms with van der Waals surface area (Å²) in [6, 6.07) is 4.90. The molecule has 0 spiro atoms. The van der Waals surface area contributed by atoms with E-state index in [1.165, 1.54) is 6.42 Å². The van der Waals surface area contributed by atoms with Crippen molar-refractivity contribution in [3.05, 3.63) is 59.8 Å². The Morgan fingerprint density at radius 1 is 1.17 bits per heavy atom. The van der Waals surface area contributed by atoms with E-state index in [1.54, 1.807) is 31.2 Å². The molecule has 9 atom stereocenters. The van der Waals surface area contributed by atoms with Crippen LogP contribution in [0, 0.1) is 34.5 Å². The number of hydrogen-bond donors (Lipinski definition) is 4. The number of fused-ring (bicyclic) bond motifs is 2. The van der Waals surface area contributed by atoms with Gasteiger partial charge in [0.15, 0.2) is 0 Å². The van der Waals surface area contributed by atoms with Crippen LogP contribution in [-0.4, -0.2) is 116 Å². The van der Waals surface area contributed by atoms with Crippen LogP contribution in [0.3, 0.4) is 0 Å². The molecule has 0 radical (unpaired) electrons. The Bertz CT molecular complexity index is 1540. The second kappa shape index (κ2) is 17.7. The molecule has 54 heavy (non-hydrogen) atoms. The molecule has 11 heteroatoms. The van der Waals surface area contributed by atoms with E-state index in [-0.39, 0.29) is 47.9 Å². The van der Waals surface area contributed by atoms with Crippen LogP contribution < -0.4 is 15.4 Å². The summed E-state index contributed by atoms with van der Waals surface area (Å²) in [5, 5.41) is 29.4. The average molecular weight is 752 g/mol. The van der Waals surface area contributed by atoms with Gasteiger partial charge in [-0.25, -0.2) is 0 Å². The Labute approximate surface area is 324 Å². The van der Waals surface area contributed by atoms with Crippen molar-refractivity contribution in [1.29, 1.82) is 0 Å². The van der Waals surface area contributed by atoms with Crippen LogP contribution in [0.4, 0.5) is 0 Å². The minimum atomic E-state index is -0.907. The number of allylic oxidation sites excluding steroid dienone is 3. The second-order valence-electron chi connectivity index (χ2n) is 18.3. The molecule has 302 valence electrons. The SMILES string of the molecule is C=C(/C=C(\C=C\C(=O)N[C@H](CN(C)C)CC(C)(C)C)c1cccc(CN2O[C@@H](CO)[C@@H]([C@H](C)O)[C@H]2C(=O)N[C@H]2C[C@H]3C[C@@H]([C@@H]2C)C3(C)C)c1OC)N(C)C. The number of hydroxylamine groups is 2. The number of carbonyl (C=O) groups excluding carboxylic acids is 2. The highest BCUT2D eigenvalue weighted by molar-refractivity contribution is 5.92. The number of ether oxygens (including phenoxy) is 1. The fourth-order valence-electron chi connectivity index (χ4n) is 9.11. The molecule has 3 aliphatic carbocycles. The molecule has 3 saturated carbocycles. The van der Waals surface area contributed by atoms with Crippen LogP contribution in [0.1, 0.15) is 78.9 Å². The molecule has 2 amide bonds. The van der Waals surface area contributed by atoms with Gasteiger partial charge in [0.2, 0.25) is 11.8 Å². The van der Waals surface area contributed by atoms with Crippen LogP contribution in [-0.2, 0) is 21.0 Å². The maximum atomic E-state index is 14.3. The predicted molar refractivity (Wildman–Crippen MR) is 215 cm³/mol. The monoisotopic (exact) mass is 752 g/mol. The van der Waals surface area contributed by atoms with E-state index in [0.717, 1.165) is 36.2 Å². The molecule has 1 aliphatic heterocycles. The number of aliphatic hydroxyl groups excluding tert-OH is 2. The van der Waals surface area contributed by atoms with Crippen molar-refractivity contribution < 1.29 is 29.4 Å². The first-order valence-corrected chi connectivity index (χ1v) is 19.6. The van der Waals surface area contributed by atoms with Crippen molar-refractivity contribution in [3.8, 4) is 5.75 Å². The predicted octanol–water partition coefficient (Wildman–Crippen LogP) is 4.85. The number of para-hydroxylation sites is 1. The molecule has 4 fully saturated rings. The lowest BCUT2D eigenvalue weighted by molar-refractivity contribution is -0.183. The van der Waals surface area contributed by atoms with Crippen LogP contribution in [0.25, 0.3) is 5.57 Å². The van der Waals surface area contributed by atoms with E-state index in [1.807, 2.05) is 57.4 Å². The summed E-state index contributed by atoms with van der Waals surface area (Å²) in [6.45, 7) is 19.8. The number of amides is 2. The summed E-state index contributed by atoms with van der Waals surface area (Å²) in [5.74, 6) is 0.937. The molecule has 11 nitrogen and oxygen atoms in total. The molecule has 5 rings (SSSR count). The quantitative estimate of drug-likeness (QED) is 0.139. The van der Waals surface area contributed by atoms with Gasteiger partial charge in [0.25, 0.3) is 0 Å². The highest BCUT2D eigenvalue weighted by Gasteiger charge is 2.57. The largest absolute Gasteiger partial charge is 0.496 e. The third kappa shape index (κ3) is 10.1. The van der Waals surface area contributed by atoms with Gasteiger partial charge >= 0.3 is 0 Å². The summed E-state index contributed by atoms with van der Waals surface area (Å²) < 4.78 is 6.07. The number of likely N-dealkylation sites (N-methyl/N-ethyl adjacent to an activating group) is 2. The first-order chi connectivity index (χ1) is 25.2. The number of carbonyl (C=O) groups is 2. The van der Waals surface area contributed by atoms with E-state index in [0.29, 0.717) is 29.1 Å². The van der Waals surface area contributed by atoms with Gasteiger partial charge in [0, 0.05) is 61.5 Å². The molecule has 1 aromatic carbocycles. The zero-order chi connectivity index (χ0) is 40.3. The van der Waals surface area contributed by atoms with Crippen molar-refractivity contribution in [1.82, 2.24) is 25.5 Å². The molecule has 0 aromatic heterocycles. The Kier molecular flexibility index (Phi) is 14.3. The fourth-order valence-corrected chi connectivity index (χ4v) is 9.11. The number of hydrogen-bond acceptors (Lipinski definition) is 9. The zero-order valence-corrected chi connectivity index (χ0v) is 35.0. The molecule has 4 N–H and O–H groups in total. The van der Waals surface area contributed by atoms with E-state index in [4.69, 9.17) is 9.57 Å². The minimum absolute atomic E-state index is 0.0307. The Morgan fingerprint density at radius 3 is 2.39 bits per heavy atom. The highest BCUT2D eigenvalue weighted by Crippen LogP contribution is 2.61. The van der Waals surface area contributed by atoms with Crippen molar-refractivity contribution >= 4 is 17.4 Å². The normalized spacial score (nSPS) is 28.1. The molecule has 4 aliphatic rings. The third-order valence-electron chi connectivity index (χ3n) is 12.1. The standard InChI is InChI=1S/C43H69N5O6/c1-26(47(11)12)19-29(17-18-37(51)44-32(24-46(9)10)22-42(4,5)6)33-16-14-15-30(40(33)53-13)23-48-39(38(28(3)50)36(25-49)54-48)41(52)45-35-21-31-20-34(27(35)2)43(31,7)8/h14-19,27-28,31-32,34-36,38-39,49-50H,1,20-25H2,2-13H3,(H,44,51)(H,45,52)/b18-17+,29-19+/t27-,28-,31+,32-,34-,35-,36-,38+,39-/m0/s1. The van der Waals surface area contributed by atoms with Gasteiger partial charge in [-0.1, -0.05) is 66.3 Å². The molecular formula is C43H69N5O6. The Balaban J connectivity index is 1.65. The van der Waals surface area contributed by atoms with Crippen LogP contribution in [0.15, 0.2) is 48.7 Å². The summed E-state index contributed by atoms with van der Waals surface area (Å²) >= 11 is 0. The van der Waals surface area contributed by atoms with Crippen molar-refractivity contribution in [2.75, 3.05) is 48.5 Å². The minimum Gasteiger partial charge on any atom is -0.496 e. The van der Waals surface area contributed by atoms with Crippen molar-refractivity contribution in [2.24, 2.45) is 34.5 Å². The van der Waals surface area contributed by atoms with Crippen molar-refractivity contribution in [3.63, 3.8) is 0 Å². The topological polar surface area (TPSA) is 127 Å². The number of aliphatic hydroxyl groups is 2. The molecular weight excluding hydrogens is 683 g/mol. The number of nitrogens with one attached hydrogen (secondary N) is 2. The fraction of sp³-hybridized carbons (Fsp3) is 0.674. The van der Waals surface area contributed by atoms with Gasteiger partial charge in [-0.2, -0.15) is 5.06 Å². The maximum Gasteiger partial charge on any atom is 0.244 e. The summed E-state index contributed by atoms with van der Waals surface area (Å²) in [7, 11) is 9.41. The number of benzene rings is 1. The Morgan fingerprint density at radius 2 is 1.85 bits per heavy atom. The molecule has 1 saturated heterocycles. The van der Waals surface area contributed by atoms with Crippen LogP contribution in [0.5, 0.6) is 5.75 Å². The maximum absolute atomic E-state index is 14.3. The van der Waals surface area contributed by atoms with Gasteiger partial charge < -0.3 is 35.4 Å². The van der Waals surface area contributed by atoms with Gasteiger partial charge in [0.1, 0.15) is 17.9 Å². The highest BCUT2D eigenvalue weighted by atomic mass is 16.7. The van der Waals surface area contributed by atoms with E-state index < -0.39 is 24.2 Å². The molecule has 2 bridgehead atoms. The van der Waals surface area contributed by atoms with Crippen LogP contribution >= 0.6 is 0 Å². The Hall–Kier alpha value is -3.22. The number of methoxy groups -OCH3 is 1. The van der Waals surface area contributed by atoms with Crippen molar-refractivity contribution in [2.45, 2.75) is 105 Å². The summed E-state index contributed by atoms with van der Waals surface area (Å²) in [5.41, 5.74) is 3.22. The van der Waals surface area contributed by atoms with Gasteiger partial charge in [-0.15, -0.1) is 0 Å². The third-order valence-corrected chi connectivity index (χ3v) is 12.1. The summed E-state index contributed by atoms with van der Waals surface area (Å²) in [4.78, 5) is 37.9. The van der Waals surface area contributed by atoms with E-state index in [9.17, 15) is 19.8 Å². The second-order valence-corrected chi connectivity index (χ2v) is 18.3. The first-order valence-electron chi connectivity index (χ1n) is 19.6. The number of nitrogens with zero attached hydrogens (tertiary/aromatic N) is 3. The lowest BCUT2D eigenvalue weighted by atomic mass is 9.45. The van der Waals surface area contributed by atoms with Gasteiger partial charge in [0.05, 0.1) is 26.4 Å². The van der Waals surface area contributed by atoms with E-state index in [2.05, 4.69) is 63.7 Å². The lowest BCUT2D eigenvalue weighted by Gasteiger charge is -2.62. The van der Waals surface area contributed by atoms with Gasteiger partial charge in [-0.05, 0) is 86.6 Å². The zero-order valence-electron chi connectivity index (χ0n) is 35.0. The molecule has 1 heterocycles. The van der Waals surface area contributed by atoms with E-state index >= 15 is 0 Å². The molecule has 0 unspecified atom stereocenters. The smallest absolute Gasteiger partial charge is 0.244 e. The van der Waals surface area contributed by atoms with Gasteiger partial charge in [-0.3, -0.25) is 14.4 Å². The average Bonchev–Trinajstić information content (AvgIpc) is 3.44. The lowest BCUT2D eigenvalue weighted by Crippen LogP contribution is -2.62. The van der Waals surface area contributed by atoms with Crippen LogP contribution in [0.2, 0.25) is 0 Å². The number of rotatable bonds is 16.